The van der Waals surface area contributed by atoms with Gasteiger partial charge in [0.1, 0.15) is 0 Å². The summed E-state index contributed by atoms with van der Waals surface area (Å²) in [6.45, 7) is 0. The molecular formula is C6HCl3F. The smallest absolute Gasteiger partial charge is 0.161 e. The fraction of sp³-hybridized carbons (Fsp3) is 0. The van der Waals surface area contributed by atoms with Gasteiger partial charge in [0, 0.05) is 6.07 Å². The third kappa shape index (κ3) is 1.54. The molecule has 0 spiro atoms. The Balaban J connectivity index is 3.31. The van der Waals surface area contributed by atoms with E-state index < -0.39 is 5.82 Å². The molecule has 0 N–H and O–H groups in total. The van der Waals surface area contributed by atoms with Crippen molar-refractivity contribution in [1.82, 2.24) is 0 Å². The topological polar surface area (TPSA) is 0 Å². The van der Waals surface area contributed by atoms with E-state index >= 15 is 0 Å². The monoisotopic (exact) mass is 197 g/mol. The van der Waals surface area contributed by atoms with Crippen molar-refractivity contribution in [2.45, 2.75) is 0 Å². The van der Waals surface area contributed by atoms with Crippen molar-refractivity contribution in [2.24, 2.45) is 0 Å². The molecule has 0 bridgehead atoms. The number of benzene rings is 1. The molecule has 1 aromatic carbocycles. The van der Waals surface area contributed by atoms with E-state index in [2.05, 4.69) is 6.07 Å². The molecule has 0 aliphatic rings. The summed E-state index contributed by atoms with van der Waals surface area (Å²) in [5.74, 6) is -0.687. The van der Waals surface area contributed by atoms with Crippen LogP contribution in [-0.4, -0.2) is 0 Å². The molecule has 0 saturated carbocycles. The zero-order chi connectivity index (χ0) is 7.72. The average Bonchev–Trinajstić information content (AvgIpc) is 1.82. The maximum atomic E-state index is 12.6. The minimum Gasteiger partial charge on any atom is -0.204 e. The first-order valence-corrected chi connectivity index (χ1v) is 3.47. The predicted molar refractivity (Wildman–Crippen MR) is 40.3 cm³/mol. The van der Waals surface area contributed by atoms with Crippen LogP contribution in [0.3, 0.4) is 0 Å². The molecule has 10 heavy (non-hydrogen) atoms. The van der Waals surface area contributed by atoms with Gasteiger partial charge < -0.3 is 0 Å². The summed E-state index contributed by atoms with van der Waals surface area (Å²) in [7, 11) is 0. The second-order valence-corrected chi connectivity index (χ2v) is 2.79. The predicted octanol–water partition coefficient (Wildman–Crippen LogP) is 3.59. The molecule has 4 heteroatoms. The number of hydrogen-bond donors (Lipinski definition) is 0. The van der Waals surface area contributed by atoms with Crippen molar-refractivity contribution in [3.63, 3.8) is 0 Å². The Bertz CT molecular complexity index is 236. The highest BCUT2D eigenvalue weighted by Gasteiger charge is 2.05. The van der Waals surface area contributed by atoms with Gasteiger partial charge in [-0.15, -0.1) is 0 Å². The van der Waals surface area contributed by atoms with Crippen molar-refractivity contribution in [2.75, 3.05) is 0 Å². The van der Waals surface area contributed by atoms with Crippen molar-refractivity contribution >= 4 is 34.8 Å². The molecule has 0 amide bonds. The molecule has 53 valence electrons. The maximum absolute atomic E-state index is 12.6. The van der Waals surface area contributed by atoms with Gasteiger partial charge in [-0.25, -0.2) is 4.39 Å². The summed E-state index contributed by atoms with van der Waals surface area (Å²) in [6.07, 6.45) is 0. The van der Waals surface area contributed by atoms with Gasteiger partial charge in [-0.2, -0.15) is 0 Å². The van der Waals surface area contributed by atoms with Crippen molar-refractivity contribution in [1.29, 1.82) is 0 Å². The van der Waals surface area contributed by atoms with Crippen LogP contribution in [0.5, 0.6) is 0 Å². The van der Waals surface area contributed by atoms with E-state index in [1.807, 2.05) is 0 Å². The molecule has 1 rings (SSSR count). The second-order valence-electron chi connectivity index (χ2n) is 1.59. The summed E-state index contributed by atoms with van der Waals surface area (Å²) in [4.78, 5) is 0. The van der Waals surface area contributed by atoms with Gasteiger partial charge in [-0.05, 0) is 6.07 Å². The van der Waals surface area contributed by atoms with Crippen molar-refractivity contribution in [3.8, 4) is 0 Å². The minimum atomic E-state index is -0.687. The molecule has 0 saturated heterocycles. The molecule has 0 fully saturated rings. The van der Waals surface area contributed by atoms with Gasteiger partial charge in [-0.3, -0.25) is 0 Å². The van der Waals surface area contributed by atoms with Crippen molar-refractivity contribution < 1.29 is 4.39 Å². The molecule has 1 aromatic rings. The number of hydrogen-bond acceptors (Lipinski definition) is 0. The third-order valence-corrected chi connectivity index (χ3v) is 1.62. The van der Waals surface area contributed by atoms with Crippen LogP contribution in [0.2, 0.25) is 15.1 Å². The van der Waals surface area contributed by atoms with Crippen LogP contribution in [0.4, 0.5) is 4.39 Å². The highest BCUT2D eigenvalue weighted by atomic mass is 35.5. The van der Waals surface area contributed by atoms with Crippen LogP contribution in [0.25, 0.3) is 0 Å². The van der Waals surface area contributed by atoms with Gasteiger partial charge in [0.2, 0.25) is 0 Å². The van der Waals surface area contributed by atoms with Crippen LogP contribution in [0.15, 0.2) is 6.07 Å². The molecule has 0 atom stereocenters. The highest BCUT2D eigenvalue weighted by molar-refractivity contribution is 6.38. The maximum Gasteiger partial charge on any atom is 0.161 e. The summed E-state index contributed by atoms with van der Waals surface area (Å²) in [5.41, 5.74) is 0. The van der Waals surface area contributed by atoms with E-state index in [9.17, 15) is 4.39 Å². The Morgan fingerprint density at radius 3 is 2.40 bits per heavy atom. The highest BCUT2D eigenvalue weighted by Crippen LogP contribution is 2.26. The van der Waals surface area contributed by atoms with Gasteiger partial charge >= 0.3 is 0 Å². The Kier molecular flexibility index (Phi) is 2.40. The van der Waals surface area contributed by atoms with E-state index in [-0.39, 0.29) is 15.1 Å². The Morgan fingerprint density at radius 2 is 1.90 bits per heavy atom. The fourth-order valence-electron chi connectivity index (χ4n) is 0.475. The van der Waals surface area contributed by atoms with Crippen LogP contribution in [-0.2, 0) is 0 Å². The van der Waals surface area contributed by atoms with E-state index in [0.717, 1.165) is 0 Å². The summed E-state index contributed by atoms with van der Waals surface area (Å²) >= 11 is 16.1. The lowest BCUT2D eigenvalue weighted by molar-refractivity contribution is 0.628. The van der Waals surface area contributed by atoms with Crippen LogP contribution in [0, 0.1) is 11.9 Å². The molecule has 0 aliphatic carbocycles. The van der Waals surface area contributed by atoms with Gasteiger partial charge in [0.25, 0.3) is 0 Å². The molecule has 0 nitrogen and oxygen atoms in total. The van der Waals surface area contributed by atoms with E-state index in [1.54, 1.807) is 0 Å². The normalized spacial score (nSPS) is 10.0. The molecule has 0 heterocycles. The van der Waals surface area contributed by atoms with Crippen LogP contribution < -0.4 is 0 Å². The molecule has 0 aliphatic heterocycles. The molecular weight excluding hydrogens is 197 g/mol. The summed E-state index contributed by atoms with van der Waals surface area (Å²) in [6, 6.07) is 3.59. The van der Waals surface area contributed by atoms with Crippen molar-refractivity contribution in [3.05, 3.63) is 33.0 Å². The van der Waals surface area contributed by atoms with Gasteiger partial charge in [0.05, 0.1) is 15.1 Å². The lowest BCUT2D eigenvalue weighted by Gasteiger charge is -1.95. The largest absolute Gasteiger partial charge is 0.204 e. The zero-order valence-electron chi connectivity index (χ0n) is 4.59. The number of rotatable bonds is 0. The van der Waals surface area contributed by atoms with Gasteiger partial charge in [0.15, 0.2) is 5.82 Å². The lowest BCUT2D eigenvalue weighted by Crippen LogP contribution is -1.78. The first-order valence-electron chi connectivity index (χ1n) is 2.33. The molecule has 1 radical (unpaired) electrons. The number of halogens is 4. The quantitative estimate of drug-likeness (QED) is 0.441. The average molecular weight is 198 g/mol. The Hall–Kier alpha value is 0.0200. The SMILES string of the molecule is Fc1c(Cl)[c]c(Cl)cc1Cl. The third-order valence-electron chi connectivity index (χ3n) is 0.885. The van der Waals surface area contributed by atoms with Crippen LogP contribution in [0.1, 0.15) is 0 Å². The molecule has 0 unspecified atom stereocenters. The standard InChI is InChI=1S/C6HCl3F/c7-3-1-4(8)6(10)5(9)2-3/h1H. The van der Waals surface area contributed by atoms with Crippen LogP contribution >= 0.6 is 34.8 Å². The molecule has 0 aromatic heterocycles. The van der Waals surface area contributed by atoms with E-state index in [4.69, 9.17) is 34.8 Å². The summed E-state index contributed by atoms with van der Waals surface area (Å²) in [5, 5.41) is -0.0670. The van der Waals surface area contributed by atoms with Gasteiger partial charge in [-0.1, -0.05) is 34.8 Å². The second kappa shape index (κ2) is 2.95. The lowest BCUT2D eigenvalue weighted by atomic mass is 10.3. The fourth-order valence-corrected chi connectivity index (χ4v) is 1.24. The van der Waals surface area contributed by atoms with E-state index in [0.29, 0.717) is 0 Å². The first kappa shape index (κ1) is 8.12. The first-order chi connectivity index (χ1) is 4.61. The zero-order valence-corrected chi connectivity index (χ0v) is 6.86. The Labute approximate surface area is 72.5 Å². The van der Waals surface area contributed by atoms with E-state index in [1.165, 1.54) is 6.07 Å². The summed E-state index contributed by atoms with van der Waals surface area (Å²) < 4.78 is 12.6. The Morgan fingerprint density at radius 1 is 1.30 bits per heavy atom. The minimum absolute atomic E-state index is 0.0891.